The summed E-state index contributed by atoms with van der Waals surface area (Å²) < 4.78 is 0. The lowest BCUT2D eigenvalue weighted by atomic mass is 10.3. The first-order chi connectivity index (χ1) is 7.56. The fraction of sp³-hybridized carbons (Fsp3) is 0.500. The molecule has 1 saturated heterocycles. The van der Waals surface area contributed by atoms with E-state index in [9.17, 15) is 10.2 Å². The number of hydrogen-bond acceptors (Lipinski definition) is 4. The van der Waals surface area contributed by atoms with E-state index in [0.29, 0.717) is 35.5 Å². The van der Waals surface area contributed by atoms with Crippen LogP contribution in [0.5, 0.6) is 0 Å². The second-order valence-electron chi connectivity index (χ2n) is 3.89. The minimum absolute atomic E-state index is 0.389. The highest BCUT2D eigenvalue weighted by Crippen LogP contribution is 2.20. The SMILES string of the molecule is OC1CN(Cc2nc(Cl)ccc2Cl)CC1O. The van der Waals surface area contributed by atoms with Crippen LogP contribution in [0.4, 0.5) is 0 Å². The number of likely N-dealkylation sites (tertiary alicyclic amines) is 1. The summed E-state index contributed by atoms with van der Waals surface area (Å²) in [6, 6.07) is 3.32. The van der Waals surface area contributed by atoms with Gasteiger partial charge in [0.15, 0.2) is 0 Å². The van der Waals surface area contributed by atoms with Gasteiger partial charge >= 0.3 is 0 Å². The van der Waals surface area contributed by atoms with E-state index in [-0.39, 0.29) is 0 Å². The maximum atomic E-state index is 9.40. The Bertz CT molecular complexity index is 379. The van der Waals surface area contributed by atoms with Crippen LogP contribution in [-0.4, -0.2) is 45.4 Å². The topological polar surface area (TPSA) is 56.6 Å². The summed E-state index contributed by atoms with van der Waals surface area (Å²) in [6.07, 6.45) is -1.39. The number of hydrogen-bond donors (Lipinski definition) is 2. The van der Waals surface area contributed by atoms with Crippen LogP contribution in [0.2, 0.25) is 10.2 Å². The molecule has 2 unspecified atom stereocenters. The fourth-order valence-corrected chi connectivity index (χ4v) is 2.09. The number of halogens is 2. The molecule has 2 rings (SSSR count). The van der Waals surface area contributed by atoms with Gasteiger partial charge in [0, 0.05) is 19.6 Å². The van der Waals surface area contributed by atoms with Crippen molar-refractivity contribution in [3.8, 4) is 0 Å². The second-order valence-corrected chi connectivity index (χ2v) is 4.69. The third-order valence-corrected chi connectivity index (χ3v) is 3.15. The molecule has 0 amide bonds. The van der Waals surface area contributed by atoms with Gasteiger partial charge in [-0.25, -0.2) is 4.98 Å². The van der Waals surface area contributed by atoms with Gasteiger partial charge in [-0.1, -0.05) is 23.2 Å². The van der Waals surface area contributed by atoms with Crippen molar-refractivity contribution in [2.45, 2.75) is 18.8 Å². The van der Waals surface area contributed by atoms with Crippen LogP contribution < -0.4 is 0 Å². The van der Waals surface area contributed by atoms with Crippen molar-refractivity contribution >= 4 is 23.2 Å². The molecule has 0 bridgehead atoms. The van der Waals surface area contributed by atoms with Crippen LogP contribution >= 0.6 is 23.2 Å². The van der Waals surface area contributed by atoms with Crippen molar-refractivity contribution in [2.75, 3.05) is 13.1 Å². The van der Waals surface area contributed by atoms with Crippen LogP contribution in [0.15, 0.2) is 12.1 Å². The highest BCUT2D eigenvalue weighted by molar-refractivity contribution is 6.32. The zero-order valence-electron chi connectivity index (χ0n) is 8.48. The summed E-state index contributed by atoms with van der Waals surface area (Å²) in [5, 5.41) is 19.7. The van der Waals surface area contributed by atoms with Crippen LogP contribution in [0, 0.1) is 0 Å². The largest absolute Gasteiger partial charge is 0.389 e. The normalized spacial score (nSPS) is 26.2. The minimum atomic E-state index is -0.696. The Morgan fingerprint density at radius 1 is 1.25 bits per heavy atom. The third kappa shape index (κ3) is 2.64. The summed E-state index contributed by atoms with van der Waals surface area (Å²) in [5.74, 6) is 0. The standard InChI is InChI=1S/C10H12Cl2N2O2/c11-6-1-2-10(12)13-7(6)3-14-4-8(15)9(16)5-14/h1-2,8-9,15-16H,3-5H2. The molecule has 0 radical (unpaired) electrons. The lowest BCUT2D eigenvalue weighted by Gasteiger charge is -2.14. The third-order valence-electron chi connectivity index (χ3n) is 2.59. The van der Waals surface area contributed by atoms with Gasteiger partial charge in [-0.2, -0.15) is 0 Å². The van der Waals surface area contributed by atoms with Gasteiger partial charge < -0.3 is 10.2 Å². The summed E-state index contributed by atoms with van der Waals surface area (Å²) in [5.41, 5.74) is 0.662. The molecular weight excluding hydrogens is 251 g/mol. The van der Waals surface area contributed by atoms with Gasteiger partial charge in [-0.05, 0) is 12.1 Å². The maximum absolute atomic E-state index is 9.40. The first-order valence-electron chi connectivity index (χ1n) is 4.95. The highest BCUT2D eigenvalue weighted by Gasteiger charge is 2.29. The Labute approximate surface area is 103 Å². The van der Waals surface area contributed by atoms with E-state index in [4.69, 9.17) is 23.2 Å². The molecule has 1 fully saturated rings. The highest BCUT2D eigenvalue weighted by atomic mass is 35.5. The number of nitrogens with zero attached hydrogens (tertiary/aromatic N) is 2. The first kappa shape index (κ1) is 12.1. The van der Waals surface area contributed by atoms with E-state index >= 15 is 0 Å². The average molecular weight is 263 g/mol. The van der Waals surface area contributed by atoms with E-state index < -0.39 is 12.2 Å². The summed E-state index contributed by atoms with van der Waals surface area (Å²) in [4.78, 5) is 6.00. The van der Waals surface area contributed by atoms with Crippen LogP contribution in [0.25, 0.3) is 0 Å². The number of aromatic nitrogens is 1. The summed E-state index contributed by atoms with van der Waals surface area (Å²) in [7, 11) is 0. The molecule has 0 aromatic carbocycles. The Kier molecular flexibility index (Phi) is 3.66. The number of pyridine rings is 1. The van der Waals surface area contributed by atoms with Crippen molar-refractivity contribution < 1.29 is 10.2 Å². The monoisotopic (exact) mass is 262 g/mol. The molecule has 1 aromatic rings. The Morgan fingerprint density at radius 2 is 1.88 bits per heavy atom. The number of rotatable bonds is 2. The van der Waals surface area contributed by atoms with Crippen LogP contribution in [0.3, 0.4) is 0 Å². The average Bonchev–Trinajstić information content (AvgIpc) is 2.52. The lowest BCUT2D eigenvalue weighted by Crippen LogP contribution is -2.22. The van der Waals surface area contributed by atoms with E-state index in [1.165, 1.54) is 0 Å². The van der Waals surface area contributed by atoms with Crippen LogP contribution in [-0.2, 0) is 6.54 Å². The van der Waals surface area contributed by atoms with Crippen molar-refractivity contribution in [3.05, 3.63) is 28.0 Å². The molecular formula is C10H12Cl2N2O2. The van der Waals surface area contributed by atoms with Gasteiger partial charge in [-0.3, -0.25) is 4.90 Å². The molecule has 2 atom stereocenters. The van der Waals surface area contributed by atoms with Crippen molar-refractivity contribution in [1.82, 2.24) is 9.88 Å². The van der Waals surface area contributed by atoms with Gasteiger partial charge in [0.05, 0.1) is 22.9 Å². The smallest absolute Gasteiger partial charge is 0.129 e. The predicted molar refractivity (Wildman–Crippen MR) is 61.5 cm³/mol. The van der Waals surface area contributed by atoms with Crippen LogP contribution in [0.1, 0.15) is 5.69 Å². The predicted octanol–water partition coefficient (Wildman–Crippen LogP) is 0.926. The quantitative estimate of drug-likeness (QED) is 0.779. The molecule has 88 valence electrons. The molecule has 2 heterocycles. The summed E-state index contributed by atoms with van der Waals surface area (Å²) in [6.45, 7) is 1.32. The van der Waals surface area contributed by atoms with E-state index in [1.807, 2.05) is 4.90 Å². The zero-order valence-corrected chi connectivity index (χ0v) is 9.99. The lowest BCUT2D eigenvalue weighted by molar-refractivity contribution is 0.0572. The van der Waals surface area contributed by atoms with E-state index in [2.05, 4.69) is 4.98 Å². The molecule has 16 heavy (non-hydrogen) atoms. The van der Waals surface area contributed by atoms with E-state index in [1.54, 1.807) is 12.1 Å². The van der Waals surface area contributed by atoms with Crippen molar-refractivity contribution in [2.24, 2.45) is 0 Å². The second kappa shape index (κ2) is 4.85. The fourth-order valence-electron chi connectivity index (χ4n) is 1.76. The number of aliphatic hydroxyl groups is 2. The molecule has 0 saturated carbocycles. The molecule has 2 N–H and O–H groups in total. The molecule has 1 aromatic heterocycles. The molecule has 4 nitrogen and oxygen atoms in total. The summed E-state index contributed by atoms with van der Waals surface area (Å²) >= 11 is 11.7. The van der Waals surface area contributed by atoms with E-state index in [0.717, 1.165) is 0 Å². The van der Waals surface area contributed by atoms with Gasteiger partial charge in [0.25, 0.3) is 0 Å². The molecule has 0 aliphatic carbocycles. The van der Waals surface area contributed by atoms with Gasteiger partial charge in [-0.15, -0.1) is 0 Å². The molecule has 0 spiro atoms. The van der Waals surface area contributed by atoms with Crippen molar-refractivity contribution in [1.29, 1.82) is 0 Å². The Hall–Kier alpha value is -0.390. The molecule has 1 aliphatic heterocycles. The zero-order chi connectivity index (χ0) is 11.7. The maximum Gasteiger partial charge on any atom is 0.129 e. The Balaban J connectivity index is 2.07. The first-order valence-corrected chi connectivity index (χ1v) is 5.71. The Morgan fingerprint density at radius 3 is 2.50 bits per heavy atom. The molecule has 1 aliphatic rings. The minimum Gasteiger partial charge on any atom is -0.389 e. The number of β-amino-alcohol motifs (C(OH)–C–C–N with tert-alkyl or cyclic N) is 2. The van der Waals surface area contributed by atoms with Gasteiger partial charge in [0.1, 0.15) is 5.15 Å². The molecule has 6 heteroatoms. The number of aliphatic hydroxyl groups excluding tert-OH is 2. The van der Waals surface area contributed by atoms with Crippen molar-refractivity contribution in [3.63, 3.8) is 0 Å². The van der Waals surface area contributed by atoms with Gasteiger partial charge in [0.2, 0.25) is 0 Å².